The summed E-state index contributed by atoms with van der Waals surface area (Å²) in [6.45, 7) is 6.60. The maximum Gasteiger partial charge on any atom is 0.306 e. The Morgan fingerprint density at radius 2 is 0.522 bits per heavy atom. The molecule has 0 N–H and O–H groups in total. The van der Waals surface area contributed by atoms with E-state index in [2.05, 4.69) is 45.1 Å². The molecule has 0 aromatic carbocycles. The van der Waals surface area contributed by atoms with E-state index in [1.165, 1.54) is 212 Å². The van der Waals surface area contributed by atoms with Crippen LogP contribution >= 0.6 is 0 Å². The molecule has 0 aliphatic carbocycles. The molecule has 0 spiro atoms. The summed E-state index contributed by atoms with van der Waals surface area (Å²) in [5, 5.41) is 0. The number of unbranched alkanes of at least 4 members (excludes halogenated alkanes) is 40. The van der Waals surface area contributed by atoms with Gasteiger partial charge in [-0.1, -0.05) is 270 Å². The summed E-state index contributed by atoms with van der Waals surface area (Å²) >= 11 is 0. The van der Waals surface area contributed by atoms with Gasteiger partial charge in [0.2, 0.25) is 0 Å². The van der Waals surface area contributed by atoms with Gasteiger partial charge in [0, 0.05) is 19.3 Å². The molecule has 0 amide bonds. The lowest BCUT2D eigenvalue weighted by atomic mass is 10.0. The van der Waals surface area contributed by atoms with Crippen LogP contribution in [0.1, 0.15) is 329 Å². The van der Waals surface area contributed by atoms with Gasteiger partial charge < -0.3 is 14.2 Å². The molecule has 0 saturated heterocycles. The zero-order valence-electron chi connectivity index (χ0n) is 45.2. The first-order valence-corrected chi connectivity index (χ1v) is 29.8. The van der Waals surface area contributed by atoms with Crippen molar-refractivity contribution in [3.63, 3.8) is 0 Å². The third-order valence-corrected chi connectivity index (χ3v) is 13.4. The second kappa shape index (κ2) is 56.5. The van der Waals surface area contributed by atoms with Crippen molar-refractivity contribution in [3.8, 4) is 0 Å². The normalized spacial score (nSPS) is 12.1. The van der Waals surface area contributed by atoms with Crippen LogP contribution in [-0.4, -0.2) is 37.2 Å². The molecule has 0 bridgehead atoms. The summed E-state index contributed by atoms with van der Waals surface area (Å²) in [7, 11) is 0. The van der Waals surface area contributed by atoms with Crippen LogP contribution in [0.25, 0.3) is 0 Å². The van der Waals surface area contributed by atoms with Crippen LogP contribution < -0.4 is 0 Å². The minimum atomic E-state index is -0.774. The minimum Gasteiger partial charge on any atom is -0.462 e. The predicted octanol–water partition coefficient (Wildman–Crippen LogP) is 19.9. The zero-order chi connectivity index (χ0) is 48.6. The number of hydrogen-bond acceptors (Lipinski definition) is 6. The van der Waals surface area contributed by atoms with E-state index in [-0.39, 0.29) is 31.1 Å². The van der Waals surface area contributed by atoms with E-state index in [1.807, 2.05) is 0 Å². The molecule has 0 fully saturated rings. The Balaban J connectivity index is 4.15. The van der Waals surface area contributed by atoms with E-state index in [0.29, 0.717) is 19.3 Å². The molecule has 0 rings (SSSR count). The van der Waals surface area contributed by atoms with Crippen LogP contribution in [0.2, 0.25) is 0 Å². The Hall–Kier alpha value is -2.11. The first-order valence-electron chi connectivity index (χ1n) is 29.8. The van der Waals surface area contributed by atoms with Crippen molar-refractivity contribution in [1.82, 2.24) is 0 Å². The maximum absolute atomic E-state index is 12.8. The van der Waals surface area contributed by atoms with Gasteiger partial charge in [0.25, 0.3) is 0 Å². The Kier molecular flexibility index (Phi) is 54.7. The lowest BCUT2D eigenvalue weighted by molar-refractivity contribution is -0.167. The summed E-state index contributed by atoms with van der Waals surface area (Å²) in [4.78, 5) is 38.0. The summed E-state index contributed by atoms with van der Waals surface area (Å²) in [6, 6.07) is 0. The Morgan fingerprint density at radius 1 is 0.284 bits per heavy atom. The van der Waals surface area contributed by atoms with Crippen LogP contribution in [0.15, 0.2) is 24.3 Å². The summed E-state index contributed by atoms with van der Waals surface area (Å²) in [6.07, 6.45) is 66.2. The van der Waals surface area contributed by atoms with Gasteiger partial charge in [0.1, 0.15) is 13.2 Å². The molecule has 394 valence electrons. The van der Waals surface area contributed by atoms with E-state index < -0.39 is 6.10 Å². The predicted molar refractivity (Wildman–Crippen MR) is 289 cm³/mol. The van der Waals surface area contributed by atoms with Crippen molar-refractivity contribution in [3.05, 3.63) is 24.3 Å². The smallest absolute Gasteiger partial charge is 0.306 e. The average molecular weight is 944 g/mol. The zero-order valence-corrected chi connectivity index (χ0v) is 45.2. The van der Waals surface area contributed by atoms with Crippen LogP contribution in [-0.2, 0) is 28.6 Å². The van der Waals surface area contributed by atoms with Crippen LogP contribution in [0.5, 0.6) is 0 Å². The molecule has 6 heteroatoms. The molecule has 1 atom stereocenters. The van der Waals surface area contributed by atoms with Crippen molar-refractivity contribution < 1.29 is 28.6 Å². The number of rotatable bonds is 55. The molecule has 1 unspecified atom stereocenters. The fraction of sp³-hybridized carbons (Fsp3) is 0.885. The van der Waals surface area contributed by atoms with Gasteiger partial charge >= 0.3 is 17.9 Å². The summed E-state index contributed by atoms with van der Waals surface area (Å²) < 4.78 is 16.8. The van der Waals surface area contributed by atoms with Crippen molar-refractivity contribution in [2.75, 3.05) is 13.2 Å². The lowest BCUT2D eigenvalue weighted by Gasteiger charge is -2.18. The first kappa shape index (κ1) is 64.9. The first-order chi connectivity index (χ1) is 33.0. The third kappa shape index (κ3) is 54.7. The van der Waals surface area contributed by atoms with Crippen LogP contribution in [0.3, 0.4) is 0 Å². The number of carbonyl (C=O) groups excluding carboxylic acids is 3. The number of carbonyl (C=O) groups is 3. The number of esters is 3. The largest absolute Gasteiger partial charge is 0.462 e. The molecule has 0 saturated carbocycles. The van der Waals surface area contributed by atoms with Gasteiger partial charge in [-0.25, -0.2) is 0 Å². The highest BCUT2D eigenvalue weighted by Crippen LogP contribution is 2.17. The van der Waals surface area contributed by atoms with E-state index in [4.69, 9.17) is 14.2 Å². The molecule has 67 heavy (non-hydrogen) atoms. The molecular weight excluding hydrogens is 829 g/mol. The van der Waals surface area contributed by atoms with Crippen molar-refractivity contribution in [1.29, 1.82) is 0 Å². The molecule has 0 aromatic heterocycles. The molecule has 0 heterocycles. The van der Waals surface area contributed by atoms with Gasteiger partial charge in [-0.2, -0.15) is 0 Å². The second-order valence-corrected chi connectivity index (χ2v) is 20.3. The van der Waals surface area contributed by atoms with E-state index in [0.717, 1.165) is 77.0 Å². The van der Waals surface area contributed by atoms with Gasteiger partial charge in [-0.05, 0) is 64.2 Å². The molecule has 0 radical (unpaired) electrons. The Labute approximate surface area is 417 Å². The third-order valence-electron chi connectivity index (χ3n) is 13.4. The number of hydrogen-bond donors (Lipinski definition) is 0. The molecule has 0 aliphatic heterocycles. The Morgan fingerprint density at radius 3 is 0.806 bits per heavy atom. The van der Waals surface area contributed by atoms with E-state index >= 15 is 0 Å². The number of allylic oxidation sites excluding steroid dienone is 4. The van der Waals surface area contributed by atoms with E-state index in [1.54, 1.807) is 0 Å². The fourth-order valence-electron chi connectivity index (χ4n) is 8.91. The summed E-state index contributed by atoms with van der Waals surface area (Å²) in [5.41, 5.74) is 0. The van der Waals surface area contributed by atoms with Crippen LogP contribution in [0, 0.1) is 0 Å². The molecular formula is C61H114O6. The number of ether oxygens (including phenoxy) is 3. The average Bonchev–Trinajstić information content (AvgIpc) is 3.33. The fourth-order valence-corrected chi connectivity index (χ4v) is 8.91. The highest BCUT2D eigenvalue weighted by atomic mass is 16.6. The molecule has 0 aromatic rings. The monoisotopic (exact) mass is 943 g/mol. The second-order valence-electron chi connectivity index (χ2n) is 20.3. The topological polar surface area (TPSA) is 78.9 Å². The van der Waals surface area contributed by atoms with Gasteiger partial charge in [0.05, 0.1) is 0 Å². The van der Waals surface area contributed by atoms with Crippen LogP contribution in [0.4, 0.5) is 0 Å². The van der Waals surface area contributed by atoms with Gasteiger partial charge in [-0.15, -0.1) is 0 Å². The van der Waals surface area contributed by atoms with Crippen molar-refractivity contribution in [2.24, 2.45) is 0 Å². The highest BCUT2D eigenvalue weighted by molar-refractivity contribution is 5.71. The van der Waals surface area contributed by atoms with Gasteiger partial charge in [-0.3, -0.25) is 14.4 Å². The van der Waals surface area contributed by atoms with Crippen molar-refractivity contribution in [2.45, 2.75) is 335 Å². The maximum atomic E-state index is 12.8. The SMILES string of the molecule is CCC/C=C\CCCCCCCC(=O)OCC(COC(=O)CCCCCCCCCCCCCCCCCCCCCCCCCCC)OC(=O)CCCCCCC/C=C\CCCCCCC. The van der Waals surface area contributed by atoms with E-state index in [9.17, 15) is 14.4 Å². The quantitative estimate of drug-likeness (QED) is 0.0262. The lowest BCUT2D eigenvalue weighted by Crippen LogP contribution is -2.30. The summed E-state index contributed by atoms with van der Waals surface area (Å²) in [5.74, 6) is -0.875. The molecule has 0 aliphatic rings. The van der Waals surface area contributed by atoms with Gasteiger partial charge in [0.15, 0.2) is 6.10 Å². The Bertz CT molecular complexity index is 1080. The minimum absolute atomic E-state index is 0.0732. The molecule has 6 nitrogen and oxygen atoms in total. The van der Waals surface area contributed by atoms with Crippen molar-refractivity contribution >= 4 is 17.9 Å². The standard InChI is InChI=1S/C61H114O6/c1-4-7-10-13-16-19-22-24-26-27-28-29-30-31-32-33-34-35-36-38-39-42-45-48-51-54-60(63)66-57-58(56-65-59(62)53-50-47-44-41-21-18-15-12-9-6-3)67-61(64)55-52-49-46-43-40-37-25-23-20-17-14-11-8-5-2/h12,15,23,25,58H,4-11,13-14,16-22,24,26-57H2,1-3H3/b15-12-,25-23-. The highest BCUT2D eigenvalue weighted by Gasteiger charge is 2.19.